The molecular formula is C13H20N4O3. The van der Waals surface area contributed by atoms with Gasteiger partial charge in [-0.1, -0.05) is 6.92 Å². The molecule has 7 nitrogen and oxygen atoms in total. The Balaban J connectivity index is 1.90. The number of carbonyl (C=O) groups is 2. The van der Waals surface area contributed by atoms with Crippen LogP contribution in [0.5, 0.6) is 0 Å². The Labute approximate surface area is 117 Å². The molecule has 2 heterocycles. The van der Waals surface area contributed by atoms with Gasteiger partial charge in [-0.2, -0.15) is 0 Å². The summed E-state index contributed by atoms with van der Waals surface area (Å²) in [6, 6.07) is 0. The molecule has 1 aromatic rings. The molecular weight excluding hydrogens is 260 g/mol. The number of aromatic nitrogens is 3. The molecule has 2 rings (SSSR count). The quantitative estimate of drug-likeness (QED) is 0.823. The van der Waals surface area contributed by atoms with E-state index in [0.717, 1.165) is 0 Å². The Morgan fingerprint density at radius 1 is 1.35 bits per heavy atom. The first kappa shape index (κ1) is 14.5. The molecule has 1 fully saturated rings. The number of aryl methyl sites for hydroxylation is 1. The third-order valence-electron chi connectivity index (χ3n) is 3.46. The van der Waals surface area contributed by atoms with E-state index in [4.69, 9.17) is 4.74 Å². The molecule has 0 aliphatic carbocycles. The number of amides is 1. The molecule has 1 aliphatic heterocycles. The monoisotopic (exact) mass is 280 g/mol. The number of nitrogens with one attached hydrogen (secondary N) is 1. The summed E-state index contributed by atoms with van der Waals surface area (Å²) in [5.41, 5.74) is 0. The molecule has 1 amide bonds. The second kappa shape index (κ2) is 6.49. The van der Waals surface area contributed by atoms with Crippen LogP contribution < -0.4 is 0 Å². The van der Waals surface area contributed by atoms with E-state index >= 15 is 0 Å². The van der Waals surface area contributed by atoms with E-state index in [2.05, 4.69) is 15.2 Å². The van der Waals surface area contributed by atoms with E-state index in [1.165, 1.54) is 0 Å². The SMILES string of the molecule is CCOC(=O)C1CCN(C(=O)c2n[nH]c(CC)n2)CC1. The van der Waals surface area contributed by atoms with Crippen LogP contribution >= 0.6 is 0 Å². The molecule has 0 saturated carbocycles. The van der Waals surface area contributed by atoms with Crippen molar-refractivity contribution in [3.05, 3.63) is 11.6 Å². The number of likely N-dealkylation sites (tertiary alicyclic amines) is 1. The van der Waals surface area contributed by atoms with Gasteiger partial charge in [-0.25, -0.2) is 4.98 Å². The number of rotatable bonds is 4. The summed E-state index contributed by atoms with van der Waals surface area (Å²) in [6.07, 6.45) is 1.98. The van der Waals surface area contributed by atoms with E-state index in [0.29, 0.717) is 44.8 Å². The van der Waals surface area contributed by atoms with Gasteiger partial charge in [0.25, 0.3) is 5.91 Å². The molecule has 1 aromatic heterocycles. The summed E-state index contributed by atoms with van der Waals surface area (Å²) in [4.78, 5) is 29.7. The number of esters is 1. The lowest BCUT2D eigenvalue weighted by atomic mass is 9.97. The van der Waals surface area contributed by atoms with Crippen molar-refractivity contribution in [2.24, 2.45) is 5.92 Å². The minimum atomic E-state index is -0.178. The summed E-state index contributed by atoms with van der Waals surface area (Å²) >= 11 is 0. The third-order valence-corrected chi connectivity index (χ3v) is 3.46. The highest BCUT2D eigenvalue weighted by Gasteiger charge is 2.29. The van der Waals surface area contributed by atoms with Crippen LogP contribution in [0.2, 0.25) is 0 Å². The van der Waals surface area contributed by atoms with Crippen LogP contribution in [0, 0.1) is 5.92 Å². The average Bonchev–Trinajstić information content (AvgIpc) is 2.96. The zero-order chi connectivity index (χ0) is 14.5. The second-order valence-corrected chi connectivity index (χ2v) is 4.78. The maximum absolute atomic E-state index is 12.2. The van der Waals surface area contributed by atoms with Crippen molar-refractivity contribution in [1.82, 2.24) is 20.1 Å². The predicted molar refractivity (Wildman–Crippen MR) is 71.0 cm³/mol. The molecule has 0 unspecified atom stereocenters. The molecule has 0 aromatic carbocycles. The van der Waals surface area contributed by atoms with Crippen LogP contribution in [0.1, 0.15) is 43.1 Å². The fourth-order valence-electron chi connectivity index (χ4n) is 2.27. The molecule has 1 saturated heterocycles. The normalized spacial score (nSPS) is 16.2. The molecule has 7 heteroatoms. The largest absolute Gasteiger partial charge is 0.466 e. The zero-order valence-corrected chi connectivity index (χ0v) is 11.9. The summed E-state index contributed by atoms with van der Waals surface area (Å²) in [7, 11) is 0. The maximum Gasteiger partial charge on any atom is 0.309 e. The smallest absolute Gasteiger partial charge is 0.309 e. The topological polar surface area (TPSA) is 88.2 Å². The summed E-state index contributed by atoms with van der Waals surface area (Å²) in [5, 5.41) is 6.66. The van der Waals surface area contributed by atoms with Crippen LogP contribution in [-0.2, 0) is 16.0 Å². The number of nitrogens with zero attached hydrogens (tertiary/aromatic N) is 3. The number of aromatic amines is 1. The van der Waals surface area contributed by atoms with Crippen LogP contribution in [0.3, 0.4) is 0 Å². The average molecular weight is 280 g/mol. The Kier molecular flexibility index (Phi) is 4.70. The zero-order valence-electron chi connectivity index (χ0n) is 11.9. The van der Waals surface area contributed by atoms with E-state index in [9.17, 15) is 9.59 Å². The van der Waals surface area contributed by atoms with Crippen molar-refractivity contribution in [3.8, 4) is 0 Å². The van der Waals surface area contributed by atoms with Gasteiger partial charge in [0.1, 0.15) is 5.82 Å². The van der Waals surface area contributed by atoms with E-state index < -0.39 is 0 Å². The van der Waals surface area contributed by atoms with Gasteiger partial charge in [0.05, 0.1) is 12.5 Å². The van der Waals surface area contributed by atoms with Crippen molar-refractivity contribution < 1.29 is 14.3 Å². The van der Waals surface area contributed by atoms with Gasteiger partial charge < -0.3 is 9.64 Å². The lowest BCUT2D eigenvalue weighted by molar-refractivity contribution is -0.149. The Morgan fingerprint density at radius 2 is 2.05 bits per heavy atom. The minimum Gasteiger partial charge on any atom is -0.466 e. The van der Waals surface area contributed by atoms with Gasteiger partial charge >= 0.3 is 5.97 Å². The van der Waals surface area contributed by atoms with Crippen molar-refractivity contribution >= 4 is 11.9 Å². The van der Waals surface area contributed by atoms with Crippen LogP contribution in [0.4, 0.5) is 0 Å². The van der Waals surface area contributed by atoms with Crippen molar-refractivity contribution in [1.29, 1.82) is 0 Å². The first-order valence-corrected chi connectivity index (χ1v) is 7.02. The van der Waals surface area contributed by atoms with Crippen LogP contribution in [0.15, 0.2) is 0 Å². The van der Waals surface area contributed by atoms with E-state index in [-0.39, 0.29) is 23.6 Å². The van der Waals surface area contributed by atoms with Gasteiger partial charge in [-0.05, 0) is 19.8 Å². The van der Waals surface area contributed by atoms with E-state index in [1.54, 1.807) is 11.8 Å². The Hall–Kier alpha value is -1.92. The molecule has 0 atom stereocenters. The van der Waals surface area contributed by atoms with Gasteiger partial charge in [-0.15, -0.1) is 5.10 Å². The lowest BCUT2D eigenvalue weighted by Crippen LogP contribution is -2.41. The Morgan fingerprint density at radius 3 is 2.60 bits per heavy atom. The Bertz CT molecular complexity index is 478. The predicted octanol–water partition coefficient (Wildman–Crippen LogP) is 0.782. The second-order valence-electron chi connectivity index (χ2n) is 4.78. The van der Waals surface area contributed by atoms with Gasteiger partial charge in [0, 0.05) is 19.5 Å². The molecule has 0 bridgehead atoms. The molecule has 20 heavy (non-hydrogen) atoms. The van der Waals surface area contributed by atoms with Gasteiger partial charge in [-0.3, -0.25) is 14.7 Å². The first-order chi connectivity index (χ1) is 9.65. The number of piperidine rings is 1. The fraction of sp³-hybridized carbons (Fsp3) is 0.692. The number of hydrogen-bond donors (Lipinski definition) is 1. The molecule has 0 radical (unpaired) electrons. The summed E-state index contributed by atoms with van der Waals surface area (Å²) < 4.78 is 5.01. The number of hydrogen-bond acceptors (Lipinski definition) is 5. The number of carbonyl (C=O) groups excluding carboxylic acids is 2. The third kappa shape index (κ3) is 3.15. The van der Waals surface area contributed by atoms with Gasteiger partial charge in [0.2, 0.25) is 5.82 Å². The number of ether oxygens (including phenoxy) is 1. The maximum atomic E-state index is 12.2. The highest BCUT2D eigenvalue weighted by molar-refractivity contribution is 5.90. The summed E-state index contributed by atoms with van der Waals surface area (Å²) in [5.74, 6) is 0.470. The van der Waals surface area contributed by atoms with Crippen molar-refractivity contribution in [3.63, 3.8) is 0 Å². The van der Waals surface area contributed by atoms with E-state index in [1.807, 2.05) is 6.92 Å². The summed E-state index contributed by atoms with van der Waals surface area (Å²) in [6.45, 7) is 5.22. The number of H-pyrrole nitrogens is 1. The standard InChI is InChI=1S/C13H20N4O3/c1-3-10-14-11(16-15-10)12(18)17-7-5-9(6-8-17)13(19)20-4-2/h9H,3-8H2,1-2H3,(H,14,15,16). The highest BCUT2D eigenvalue weighted by atomic mass is 16.5. The van der Waals surface area contributed by atoms with Crippen LogP contribution in [0.25, 0.3) is 0 Å². The molecule has 0 spiro atoms. The van der Waals surface area contributed by atoms with Crippen molar-refractivity contribution in [2.75, 3.05) is 19.7 Å². The molecule has 1 N–H and O–H groups in total. The van der Waals surface area contributed by atoms with Crippen molar-refractivity contribution in [2.45, 2.75) is 33.1 Å². The van der Waals surface area contributed by atoms with Crippen LogP contribution in [-0.4, -0.2) is 51.7 Å². The highest BCUT2D eigenvalue weighted by Crippen LogP contribution is 2.19. The fourth-order valence-corrected chi connectivity index (χ4v) is 2.27. The minimum absolute atomic E-state index is 0.0997. The molecule has 1 aliphatic rings. The molecule has 110 valence electrons. The first-order valence-electron chi connectivity index (χ1n) is 7.02. The van der Waals surface area contributed by atoms with Gasteiger partial charge in [0.15, 0.2) is 0 Å². The lowest BCUT2D eigenvalue weighted by Gasteiger charge is -2.30.